The molecule has 0 fully saturated rings. The van der Waals surface area contributed by atoms with Gasteiger partial charge in [-0.3, -0.25) is 0 Å². The number of anilines is 2. The summed E-state index contributed by atoms with van der Waals surface area (Å²) < 4.78 is 0. The van der Waals surface area contributed by atoms with Gasteiger partial charge < -0.3 is 16.4 Å². The normalized spacial score (nSPS) is 11.6. The van der Waals surface area contributed by atoms with Crippen LogP contribution in [0.15, 0.2) is 60.8 Å². The van der Waals surface area contributed by atoms with Gasteiger partial charge in [-0.15, -0.1) is 0 Å². The third-order valence-electron chi connectivity index (χ3n) is 3.20. The van der Waals surface area contributed by atoms with E-state index in [2.05, 4.69) is 47.1 Å². The van der Waals surface area contributed by atoms with Crippen molar-refractivity contribution in [3.05, 3.63) is 71.9 Å². The third kappa shape index (κ3) is 4.14. The molecule has 21 heavy (non-hydrogen) atoms. The molecule has 2 aromatic rings. The molecule has 4 N–H and O–H groups in total. The minimum atomic E-state index is 0.779. The Hall–Kier alpha value is -2.68. The Kier molecular flexibility index (Phi) is 5.04. The van der Waals surface area contributed by atoms with Gasteiger partial charge in [-0.25, -0.2) is 0 Å². The van der Waals surface area contributed by atoms with E-state index in [1.807, 2.05) is 44.6 Å². The first-order chi connectivity index (χ1) is 10.2. The van der Waals surface area contributed by atoms with Crippen LogP contribution >= 0.6 is 0 Å². The lowest BCUT2D eigenvalue weighted by molar-refractivity contribution is 1.11. The Morgan fingerprint density at radius 2 is 1.62 bits per heavy atom. The van der Waals surface area contributed by atoms with Gasteiger partial charge in [-0.05, 0) is 41.0 Å². The van der Waals surface area contributed by atoms with Crippen LogP contribution in [0.2, 0.25) is 0 Å². The predicted molar refractivity (Wildman–Crippen MR) is 92.9 cm³/mol. The summed E-state index contributed by atoms with van der Waals surface area (Å²) in [6.45, 7) is 0. The SMILES string of the molecule is CN/C=C(\C=C\c1ccc(N)cc1)c1ccc(NC)cc1. The molecular weight excluding hydrogens is 258 g/mol. The van der Waals surface area contributed by atoms with Crippen LogP contribution in [-0.2, 0) is 0 Å². The van der Waals surface area contributed by atoms with E-state index in [4.69, 9.17) is 5.73 Å². The highest BCUT2D eigenvalue weighted by Gasteiger charge is 1.98. The molecule has 3 heteroatoms. The van der Waals surface area contributed by atoms with Crippen molar-refractivity contribution in [2.75, 3.05) is 25.1 Å². The molecule has 0 unspecified atom stereocenters. The number of hydrogen-bond donors (Lipinski definition) is 3. The zero-order valence-corrected chi connectivity index (χ0v) is 12.4. The summed E-state index contributed by atoms with van der Waals surface area (Å²) in [6.07, 6.45) is 6.16. The van der Waals surface area contributed by atoms with Crippen LogP contribution in [0.4, 0.5) is 11.4 Å². The largest absolute Gasteiger partial charge is 0.399 e. The smallest absolute Gasteiger partial charge is 0.0337 e. The van der Waals surface area contributed by atoms with Gasteiger partial charge in [0.2, 0.25) is 0 Å². The minimum absolute atomic E-state index is 0.779. The molecule has 0 aliphatic heterocycles. The van der Waals surface area contributed by atoms with Gasteiger partial charge in [0, 0.05) is 31.7 Å². The molecule has 108 valence electrons. The predicted octanol–water partition coefficient (Wildman–Crippen LogP) is 3.58. The summed E-state index contributed by atoms with van der Waals surface area (Å²) in [5.41, 5.74) is 11.0. The molecule has 0 saturated heterocycles. The second kappa shape index (κ2) is 7.20. The van der Waals surface area contributed by atoms with Crippen molar-refractivity contribution in [1.82, 2.24) is 5.32 Å². The monoisotopic (exact) mass is 279 g/mol. The van der Waals surface area contributed by atoms with Crippen LogP contribution in [0.1, 0.15) is 11.1 Å². The number of rotatable bonds is 5. The van der Waals surface area contributed by atoms with Crippen molar-refractivity contribution < 1.29 is 0 Å². The first kappa shape index (κ1) is 14.7. The summed E-state index contributed by atoms with van der Waals surface area (Å²) in [7, 11) is 3.82. The van der Waals surface area contributed by atoms with E-state index in [1.165, 1.54) is 0 Å². The van der Waals surface area contributed by atoms with E-state index in [0.717, 1.165) is 28.1 Å². The molecule has 2 aromatic carbocycles. The fourth-order valence-electron chi connectivity index (χ4n) is 2.01. The average Bonchev–Trinajstić information content (AvgIpc) is 2.53. The number of nitrogen functional groups attached to an aromatic ring is 1. The van der Waals surface area contributed by atoms with E-state index < -0.39 is 0 Å². The quantitative estimate of drug-likeness (QED) is 0.579. The highest BCUT2D eigenvalue weighted by molar-refractivity contribution is 5.79. The van der Waals surface area contributed by atoms with Crippen LogP contribution in [0.25, 0.3) is 11.6 Å². The van der Waals surface area contributed by atoms with Crippen molar-refractivity contribution in [2.24, 2.45) is 0 Å². The van der Waals surface area contributed by atoms with Gasteiger partial charge in [0.05, 0.1) is 0 Å². The summed E-state index contributed by atoms with van der Waals surface area (Å²) in [5, 5.41) is 6.21. The molecule has 0 aromatic heterocycles. The molecule has 0 saturated carbocycles. The van der Waals surface area contributed by atoms with E-state index >= 15 is 0 Å². The lowest BCUT2D eigenvalue weighted by Gasteiger charge is -2.05. The molecule has 0 bridgehead atoms. The lowest BCUT2D eigenvalue weighted by Crippen LogP contribution is -1.95. The zero-order valence-electron chi connectivity index (χ0n) is 12.4. The van der Waals surface area contributed by atoms with Crippen LogP contribution in [0.5, 0.6) is 0 Å². The highest BCUT2D eigenvalue weighted by atomic mass is 14.8. The van der Waals surface area contributed by atoms with Crippen molar-refractivity contribution in [3.63, 3.8) is 0 Å². The summed E-state index contributed by atoms with van der Waals surface area (Å²) in [5.74, 6) is 0. The third-order valence-corrected chi connectivity index (χ3v) is 3.20. The standard InChI is InChI=1S/C18H21N3/c1-20-13-16(15-7-11-18(21-2)12-8-15)6-3-14-4-9-17(19)10-5-14/h3-13,20-21H,19H2,1-2H3/b6-3+,16-13+. The van der Waals surface area contributed by atoms with Crippen LogP contribution in [-0.4, -0.2) is 14.1 Å². The summed E-state index contributed by atoms with van der Waals surface area (Å²) in [4.78, 5) is 0. The van der Waals surface area contributed by atoms with Gasteiger partial charge >= 0.3 is 0 Å². The van der Waals surface area contributed by atoms with Crippen LogP contribution in [0, 0.1) is 0 Å². The van der Waals surface area contributed by atoms with E-state index in [9.17, 15) is 0 Å². The highest BCUT2D eigenvalue weighted by Crippen LogP contribution is 2.19. The Morgan fingerprint density at radius 1 is 0.952 bits per heavy atom. The summed E-state index contributed by atoms with van der Waals surface area (Å²) >= 11 is 0. The molecule has 0 spiro atoms. The second-order valence-corrected chi connectivity index (χ2v) is 4.72. The average molecular weight is 279 g/mol. The van der Waals surface area contributed by atoms with Crippen molar-refractivity contribution >= 4 is 23.0 Å². The number of nitrogens with two attached hydrogens (primary N) is 1. The molecule has 0 amide bonds. The maximum absolute atomic E-state index is 5.70. The molecular formula is C18H21N3. The molecule has 0 aliphatic rings. The number of benzene rings is 2. The Balaban J connectivity index is 2.22. The first-order valence-electron chi connectivity index (χ1n) is 6.92. The van der Waals surface area contributed by atoms with Crippen molar-refractivity contribution in [3.8, 4) is 0 Å². The minimum Gasteiger partial charge on any atom is -0.399 e. The van der Waals surface area contributed by atoms with Crippen LogP contribution in [0.3, 0.4) is 0 Å². The Morgan fingerprint density at radius 3 is 2.19 bits per heavy atom. The summed E-state index contributed by atoms with van der Waals surface area (Å²) in [6, 6.07) is 16.2. The molecule has 0 radical (unpaired) electrons. The maximum Gasteiger partial charge on any atom is 0.0337 e. The van der Waals surface area contributed by atoms with Crippen molar-refractivity contribution in [1.29, 1.82) is 0 Å². The molecule has 0 aliphatic carbocycles. The van der Waals surface area contributed by atoms with Crippen molar-refractivity contribution in [2.45, 2.75) is 0 Å². The van der Waals surface area contributed by atoms with E-state index in [-0.39, 0.29) is 0 Å². The number of allylic oxidation sites excluding steroid dienone is 2. The zero-order chi connectivity index (χ0) is 15.1. The van der Waals surface area contributed by atoms with Gasteiger partial charge in [0.15, 0.2) is 0 Å². The second-order valence-electron chi connectivity index (χ2n) is 4.72. The molecule has 0 atom stereocenters. The lowest BCUT2D eigenvalue weighted by atomic mass is 10.0. The van der Waals surface area contributed by atoms with Gasteiger partial charge in [0.1, 0.15) is 0 Å². The number of hydrogen-bond acceptors (Lipinski definition) is 3. The fraction of sp³-hybridized carbons (Fsp3) is 0.111. The van der Waals surface area contributed by atoms with E-state index in [1.54, 1.807) is 0 Å². The molecule has 2 rings (SSSR count). The fourth-order valence-corrected chi connectivity index (χ4v) is 2.01. The van der Waals surface area contributed by atoms with Gasteiger partial charge in [0.25, 0.3) is 0 Å². The topological polar surface area (TPSA) is 50.1 Å². The van der Waals surface area contributed by atoms with E-state index in [0.29, 0.717) is 0 Å². The van der Waals surface area contributed by atoms with Gasteiger partial charge in [-0.2, -0.15) is 0 Å². The first-order valence-corrected chi connectivity index (χ1v) is 6.92. The number of nitrogens with one attached hydrogen (secondary N) is 2. The van der Waals surface area contributed by atoms with Crippen LogP contribution < -0.4 is 16.4 Å². The Labute approximate surface area is 126 Å². The molecule has 3 nitrogen and oxygen atoms in total. The molecule has 0 heterocycles. The maximum atomic E-state index is 5.70. The van der Waals surface area contributed by atoms with Gasteiger partial charge in [-0.1, -0.05) is 36.4 Å². The Bertz CT molecular complexity index is 623.